The first-order valence-corrected chi connectivity index (χ1v) is 7.64. The fourth-order valence-corrected chi connectivity index (χ4v) is 2.74. The van der Waals surface area contributed by atoms with Crippen molar-refractivity contribution in [2.75, 3.05) is 30.8 Å². The van der Waals surface area contributed by atoms with E-state index < -0.39 is 9.84 Å². The van der Waals surface area contributed by atoms with Crippen molar-refractivity contribution in [1.29, 1.82) is 0 Å². The molecule has 1 N–H and O–H groups in total. The largest absolute Gasteiger partial charge is 0.369 e. The highest BCUT2D eigenvalue weighted by molar-refractivity contribution is 7.90. The molecule has 0 bridgehead atoms. The van der Waals surface area contributed by atoms with E-state index in [1.165, 1.54) is 6.26 Å². The minimum Gasteiger partial charge on any atom is -0.369 e. The van der Waals surface area contributed by atoms with Gasteiger partial charge >= 0.3 is 0 Å². The lowest BCUT2D eigenvalue weighted by Gasteiger charge is -2.33. The van der Waals surface area contributed by atoms with Crippen LogP contribution < -0.4 is 10.2 Å². The maximum atomic E-state index is 11.5. The van der Waals surface area contributed by atoms with Crippen molar-refractivity contribution < 1.29 is 8.42 Å². The molecule has 2 rings (SSSR count). The molecule has 17 heavy (non-hydrogen) atoms. The minimum absolute atomic E-state index is 0.390. The van der Waals surface area contributed by atoms with Crippen LogP contribution >= 0.6 is 0 Å². The van der Waals surface area contributed by atoms with Crippen molar-refractivity contribution in [1.82, 2.24) is 5.32 Å². The van der Waals surface area contributed by atoms with Crippen molar-refractivity contribution in [2.24, 2.45) is 0 Å². The number of nitrogens with zero attached hydrogens (tertiary/aromatic N) is 1. The van der Waals surface area contributed by atoms with E-state index >= 15 is 0 Å². The zero-order chi connectivity index (χ0) is 12.5. The van der Waals surface area contributed by atoms with E-state index in [9.17, 15) is 8.42 Å². The molecular formula is C12H18N2O2S. The Kier molecular flexibility index (Phi) is 3.40. The van der Waals surface area contributed by atoms with Gasteiger partial charge in [-0.3, -0.25) is 0 Å². The van der Waals surface area contributed by atoms with Gasteiger partial charge in [-0.05, 0) is 25.1 Å². The molecule has 94 valence electrons. The second-order valence-corrected chi connectivity index (χ2v) is 6.59. The highest BCUT2D eigenvalue weighted by atomic mass is 32.2. The molecule has 1 saturated heterocycles. The summed E-state index contributed by atoms with van der Waals surface area (Å²) in [7, 11) is -3.12. The zero-order valence-electron chi connectivity index (χ0n) is 10.2. The summed E-state index contributed by atoms with van der Waals surface area (Å²) in [4.78, 5) is 2.61. The molecule has 0 unspecified atom stereocenters. The molecule has 1 atom stereocenters. The van der Waals surface area contributed by atoms with Crippen LogP contribution in [0.1, 0.15) is 6.92 Å². The lowest BCUT2D eigenvalue weighted by Crippen LogP contribution is -2.49. The van der Waals surface area contributed by atoms with Gasteiger partial charge < -0.3 is 10.2 Å². The number of anilines is 1. The van der Waals surface area contributed by atoms with Gasteiger partial charge in [0.1, 0.15) is 0 Å². The zero-order valence-corrected chi connectivity index (χ0v) is 11.0. The molecule has 5 heteroatoms. The van der Waals surface area contributed by atoms with Crippen LogP contribution in [-0.4, -0.2) is 40.3 Å². The van der Waals surface area contributed by atoms with Crippen molar-refractivity contribution in [3.63, 3.8) is 0 Å². The third-order valence-electron chi connectivity index (χ3n) is 2.98. The van der Waals surface area contributed by atoms with Gasteiger partial charge in [-0.25, -0.2) is 8.42 Å². The van der Waals surface area contributed by atoms with E-state index in [2.05, 4.69) is 17.1 Å². The summed E-state index contributed by atoms with van der Waals surface area (Å²) in [6.07, 6.45) is 1.24. The fraction of sp³-hybridized carbons (Fsp3) is 0.500. The third kappa shape index (κ3) is 2.98. The Balaban J connectivity index is 2.27. The van der Waals surface area contributed by atoms with Crippen LogP contribution in [0.5, 0.6) is 0 Å². The summed E-state index contributed by atoms with van der Waals surface area (Å²) >= 11 is 0. The number of nitrogens with one attached hydrogen (secondary N) is 1. The number of hydrogen-bond acceptors (Lipinski definition) is 4. The molecule has 0 saturated carbocycles. The van der Waals surface area contributed by atoms with Crippen LogP contribution in [0.15, 0.2) is 29.2 Å². The number of hydrogen-bond donors (Lipinski definition) is 1. The smallest absolute Gasteiger partial charge is 0.175 e. The monoisotopic (exact) mass is 254 g/mol. The van der Waals surface area contributed by atoms with Gasteiger partial charge in [0.05, 0.1) is 4.90 Å². The summed E-state index contributed by atoms with van der Waals surface area (Å²) in [5.74, 6) is 0. The van der Waals surface area contributed by atoms with Crippen LogP contribution in [0.25, 0.3) is 0 Å². The number of benzene rings is 1. The van der Waals surface area contributed by atoms with Crippen LogP contribution in [0, 0.1) is 0 Å². The minimum atomic E-state index is -3.12. The fourth-order valence-electron chi connectivity index (χ4n) is 2.08. The van der Waals surface area contributed by atoms with Crippen LogP contribution in [0.4, 0.5) is 5.69 Å². The molecular weight excluding hydrogens is 236 g/mol. The van der Waals surface area contributed by atoms with Gasteiger partial charge in [0.2, 0.25) is 0 Å². The summed E-state index contributed by atoms with van der Waals surface area (Å²) in [6.45, 7) is 4.89. The van der Waals surface area contributed by atoms with E-state index in [1.54, 1.807) is 18.2 Å². The average molecular weight is 254 g/mol. The normalized spacial score (nSPS) is 21.5. The topological polar surface area (TPSA) is 49.4 Å². The van der Waals surface area contributed by atoms with Gasteiger partial charge in [-0.15, -0.1) is 0 Å². The Labute approximate surface area is 103 Å². The summed E-state index contributed by atoms with van der Waals surface area (Å²) < 4.78 is 23.0. The number of sulfone groups is 1. The molecule has 1 aliphatic rings. The van der Waals surface area contributed by atoms with Gasteiger partial charge in [-0.1, -0.05) is 6.07 Å². The third-order valence-corrected chi connectivity index (χ3v) is 4.09. The lowest BCUT2D eigenvalue weighted by molar-refractivity contribution is 0.484. The second kappa shape index (κ2) is 4.66. The first-order valence-electron chi connectivity index (χ1n) is 5.75. The Morgan fingerprint density at radius 3 is 2.82 bits per heavy atom. The predicted molar refractivity (Wildman–Crippen MR) is 69.2 cm³/mol. The Morgan fingerprint density at radius 1 is 1.41 bits per heavy atom. The van der Waals surface area contributed by atoms with E-state index in [0.717, 1.165) is 25.3 Å². The summed E-state index contributed by atoms with van der Waals surface area (Å²) in [6, 6.07) is 7.61. The maximum absolute atomic E-state index is 11.5. The Hall–Kier alpha value is -1.07. The molecule has 1 aromatic carbocycles. The molecule has 0 radical (unpaired) electrons. The van der Waals surface area contributed by atoms with Crippen LogP contribution in [0.2, 0.25) is 0 Å². The van der Waals surface area contributed by atoms with E-state index in [-0.39, 0.29) is 0 Å². The number of piperazine rings is 1. The Bertz CT molecular complexity index is 499. The first-order chi connectivity index (χ1) is 7.97. The van der Waals surface area contributed by atoms with Crippen LogP contribution in [-0.2, 0) is 9.84 Å². The predicted octanol–water partition coefficient (Wildman–Crippen LogP) is 0.888. The molecule has 0 aromatic heterocycles. The standard InChI is InChI=1S/C12H18N2O2S/c1-10-9-14(7-6-13-10)11-4-3-5-12(8-11)17(2,15)16/h3-5,8,10,13H,6-7,9H2,1-2H3/t10-/m1/s1. The molecule has 4 nitrogen and oxygen atoms in total. The molecule has 0 aliphatic carbocycles. The molecule has 1 aromatic rings. The van der Waals surface area contributed by atoms with E-state index in [4.69, 9.17) is 0 Å². The molecule has 0 amide bonds. The average Bonchev–Trinajstić information content (AvgIpc) is 2.28. The first kappa shape index (κ1) is 12.4. The van der Waals surface area contributed by atoms with E-state index in [0.29, 0.717) is 10.9 Å². The highest BCUT2D eigenvalue weighted by Crippen LogP contribution is 2.20. The van der Waals surface area contributed by atoms with Gasteiger partial charge in [0.25, 0.3) is 0 Å². The van der Waals surface area contributed by atoms with Crippen molar-refractivity contribution in [2.45, 2.75) is 17.9 Å². The quantitative estimate of drug-likeness (QED) is 0.851. The second-order valence-electron chi connectivity index (χ2n) is 4.57. The van der Waals surface area contributed by atoms with Gasteiger partial charge in [-0.2, -0.15) is 0 Å². The summed E-state index contributed by atoms with van der Waals surface area (Å²) in [5.41, 5.74) is 0.987. The van der Waals surface area contributed by atoms with Crippen LogP contribution in [0.3, 0.4) is 0 Å². The van der Waals surface area contributed by atoms with E-state index in [1.807, 2.05) is 6.07 Å². The van der Waals surface area contributed by atoms with Gasteiger partial charge in [0, 0.05) is 37.6 Å². The lowest BCUT2D eigenvalue weighted by atomic mass is 10.2. The Morgan fingerprint density at radius 2 is 2.18 bits per heavy atom. The van der Waals surface area contributed by atoms with Crippen molar-refractivity contribution in [3.8, 4) is 0 Å². The molecule has 1 fully saturated rings. The molecule has 1 aliphatic heterocycles. The SMILES string of the molecule is C[C@@H]1CN(c2cccc(S(C)(=O)=O)c2)CCN1. The van der Waals surface area contributed by atoms with Crippen molar-refractivity contribution >= 4 is 15.5 Å². The molecule has 1 heterocycles. The highest BCUT2D eigenvalue weighted by Gasteiger charge is 2.17. The molecule has 0 spiro atoms. The number of rotatable bonds is 2. The maximum Gasteiger partial charge on any atom is 0.175 e. The van der Waals surface area contributed by atoms with Crippen molar-refractivity contribution in [3.05, 3.63) is 24.3 Å². The summed E-state index contributed by atoms with van der Waals surface area (Å²) in [5, 5.41) is 3.37. The van der Waals surface area contributed by atoms with Gasteiger partial charge in [0.15, 0.2) is 9.84 Å².